The Morgan fingerprint density at radius 1 is 1.04 bits per heavy atom. The van der Waals surface area contributed by atoms with Crippen LogP contribution >= 0.6 is 35.0 Å². The smallest absolute Gasteiger partial charge is 0.364 e. The fraction of sp³-hybridized carbons (Fsp3) is 0.150. The molecule has 4 nitrogen and oxygen atoms in total. The van der Waals surface area contributed by atoms with E-state index < -0.39 is 5.97 Å². The minimum absolute atomic E-state index is 0.0461. The predicted molar refractivity (Wildman–Crippen MR) is 109 cm³/mol. The van der Waals surface area contributed by atoms with Gasteiger partial charge in [0, 0.05) is 10.8 Å². The Bertz CT molecular complexity index is 932. The first-order valence-corrected chi connectivity index (χ1v) is 10.00. The molecule has 0 aliphatic heterocycles. The summed E-state index contributed by atoms with van der Waals surface area (Å²) in [4.78, 5) is 20.9. The van der Waals surface area contributed by atoms with Gasteiger partial charge in [-0.3, -0.25) is 0 Å². The van der Waals surface area contributed by atoms with Gasteiger partial charge in [0.05, 0.1) is 11.2 Å². The Morgan fingerprint density at radius 3 is 2.37 bits per heavy atom. The number of hydrogen-bond donors (Lipinski definition) is 0. The van der Waals surface area contributed by atoms with E-state index in [1.165, 1.54) is 18.0 Å². The lowest BCUT2D eigenvalue weighted by Crippen LogP contribution is -2.12. The molecular weight excluding hydrogens is 403 g/mol. The number of halogens is 2. The van der Waals surface area contributed by atoms with Crippen LogP contribution in [0.2, 0.25) is 10.0 Å². The maximum Gasteiger partial charge on any atom is 0.364 e. The van der Waals surface area contributed by atoms with E-state index in [0.717, 1.165) is 17.5 Å². The first kappa shape index (κ1) is 19.7. The van der Waals surface area contributed by atoms with Crippen LogP contribution in [0, 0.1) is 0 Å². The number of carbonyl (C=O) groups is 1. The minimum Gasteiger partial charge on any atom is -0.422 e. The van der Waals surface area contributed by atoms with Gasteiger partial charge in [-0.25, -0.2) is 14.8 Å². The third-order valence-electron chi connectivity index (χ3n) is 3.74. The predicted octanol–water partition coefficient (Wildman–Crippen LogP) is 5.86. The van der Waals surface area contributed by atoms with Crippen LogP contribution in [-0.4, -0.2) is 15.9 Å². The Kier molecular flexibility index (Phi) is 6.72. The monoisotopic (exact) mass is 418 g/mol. The number of ether oxygens (including phenoxy) is 1. The number of aryl methyl sites for hydroxylation is 1. The van der Waals surface area contributed by atoms with Crippen LogP contribution in [0.25, 0.3) is 0 Å². The first-order chi connectivity index (χ1) is 13.0. The third-order valence-corrected chi connectivity index (χ3v) is 5.20. The summed E-state index contributed by atoms with van der Waals surface area (Å²) in [6.45, 7) is 2.06. The lowest BCUT2D eigenvalue weighted by molar-refractivity contribution is 0.0727. The van der Waals surface area contributed by atoms with Crippen molar-refractivity contribution in [2.24, 2.45) is 0 Å². The first-order valence-electron chi connectivity index (χ1n) is 8.26. The van der Waals surface area contributed by atoms with Crippen LogP contribution in [0.5, 0.6) is 5.75 Å². The van der Waals surface area contributed by atoms with Crippen LogP contribution < -0.4 is 4.74 Å². The Balaban J connectivity index is 1.69. The summed E-state index contributed by atoms with van der Waals surface area (Å²) in [6, 6.07) is 14.8. The Hall–Kier alpha value is -2.08. The third kappa shape index (κ3) is 5.45. The zero-order valence-electron chi connectivity index (χ0n) is 14.5. The quantitative estimate of drug-likeness (QED) is 0.217. The Labute approximate surface area is 171 Å². The molecular formula is C20H16Cl2N2O2S. The SMILES string of the molecule is CCc1ccc(OC(=O)c2nc(SCc3ccc(Cl)cc3)ncc2Cl)cc1. The van der Waals surface area contributed by atoms with Crippen molar-refractivity contribution in [2.75, 3.05) is 0 Å². The van der Waals surface area contributed by atoms with E-state index in [-0.39, 0.29) is 10.7 Å². The van der Waals surface area contributed by atoms with Crippen LogP contribution in [0.1, 0.15) is 28.5 Å². The van der Waals surface area contributed by atoms with Gasteiger partial charge in [-0.2, -0.15) is 0 Å². The van der Waals surface area contributed by atoms with Gasteiger partial charge in [-0.1, -0.05) is 66.2 Å². The summed E-state index contributed by atoms with van der Waals surface area (Å²) in [5.74, 6) is 0.480. The van der Waals surface area contributed by atoms with Gasteiger partial charge in [0.15, 0.2) is 10.9 Å². The van der Waals surface area contributed by atoms with Gasteiger partial charge in [0.2, 0.25) is 0 Å². The molecule has 0 saturated carbocycles. The van der Waals surface area contributed by atoms with E-state index in [1.807, 2.05) is 36.4 Å². The van der Waals surface area contributed by atoms with Crippen molar-refractivity contribution in [1.29, 1.82) is 0 Å². The van der Waals surface area contributed by atoms with Crippen LogP contribution in [0.4, 0.5) is 0 Å². The molecule has 0 aliphatic rings. The highest BCUT2D eigenvalue weighted by atomic mass is 35.5. The van der Waals surface area contributed by atoms with Crippen molar-refractivity contribution in [3.63, 3.8) is 0 Å². The lowest BCUT2D eigenvalue weighted by Gasteiger charge is -2.07. The molecule has 1 aromatic heterocycles. The number of thioether (sulfide) groups is 1. The number of rotatable bonds is 6. The molecule has 3 rings (SSSR count). The van der Waals surface area contributed by atoms with E-state index in [9.17, 15) is 4.79 Å². The molecule has 0 fully saturated rings. The normalized spacial score (nSPS) is 10.6. The highest BCUT2D eigenvalue weighted by molar-refractivity contribution is 7.98. The highest BCUT2D eigenvalue weighted by Gasteiger charge is 2.17. The van der Waals surface area contributed by atoms with Gasteiger partial charge < -0.3 is 4.74 Å². The van der Waals surface area contributed by atoms with E-state index in [4.69, 9.17) is 27.9 Å². The fourth-order valence-corrected chi connectivity index (χ4v) is 3.31. The minimum atomic E-state index is -0.611. The van der Waals surface area contributed by atoms with Crippen molar-refractivity contribution >= 4 is 40.9 Å². The number of benzene rings is 2. The second-order valence-electron chi connectivity index (χ2n) is 5.65. The topological polar surface area (TPSA) is 52.1 Å². The number of hydrogen-bond acceptors (Lipinski definition) is 5. The summed E-state index contributed by atoms with van der Waals surface area (Å²) < 4.78 is 5.37. The molecule has 7 heteroatoms. The molecule has 0 saturated heterocycles. The molecule has 0 spiro atoms. The van der Waals surface area contributed by atoms with Gasteiger partial charge in [-0.15, -0.1) is 0 Å². The van der Waals surface area contributed by atoms with Gasteiger partial charge >= 0.3 is 5.97 Å². The molecule has 0 bridgehead atoms. The van der Waals surface area contributed by atoms with E-state index in [1.54, 1.807) is 12.1 Å². The van der Waals surface area contributed by atoms with E-state index in [2.05, 4.69) is 16.9 Å². The number of aromatic nitrogens is 2. The van der Waals surface area contributed by atoms with Crippen molar-refractivity contribution in [3.8, 4) is 5.75 Å². The summed E-state index contributed by atoms with van der Waals surface area (Å²) in [5, 5.41) is 1.28. The van der Waals surface area contributed by atoms with E-state index >= 15 is 0 Å². The van der Waals surface area contributed by atoms with Crippen molar-refractivity contribution < 1.29 is 9.53 Å². The maximum atomic E-state index is 12.4. The molecule has 0 atom stereocenters. The molecule has 3 aromatic rings. The van der Waals surface area contributed by atoms with E-state index in [0.29, 0.717) is 21.7 Å². The van der Waals surface area contributed by atoms with Crippen LogP contribution in [0.3, 0.4) is 0 Å². The molecule has 1 heterocycles. The van der Waals surface area contributed by atoms with Crippen molar-refractivity contribution in [2.45, 2.75) is 24.3 Å². The fourth-order valence-electron chi connectivity index (χ4n) is 2.24. The average molecular weight is 419 g/mol. The summed E-state index contributed by atoms with van der Waals surface area (Å²) in [7, 11) is 0. The highest BCUT2D eigenvalue weighted by Crippen LogP contribution is 2.24. The second-order valence-corrected chi connectivity index (χ2v) is 7.44. The lowest BCUT2D eigenvalue weighted by atomic mass is 10.2. The van der Waals surface area contributed by atoms with Crippen LogP contribution in [-0.2, 0) is 12.2 Å². The van der Waals surface area contributed by atoms with Gasteiger partial charge in [0.1, 0.15) is 5.75 Å². The molecule has 0 unspecified atom stereocenters. The van der Waals surface area contributed by atoms with Crippen molar-refractivity contribution in [3.05, 3.63) is 81.6 Å². The maximum absolute atomic E-state index is 12.4. The molecule has 0 amide bonds. The molecule has 2 aromatic carbocycles. The number of nitrogens with zero attached hydrogens (tertiary/aromatic N) is 2. The zero-order valence-corrected chi connectivity index (χ0v) is 16.8. The number of carbonyl (C=O) groups excluding carboxylic acids is 1. The standard InChI is InChI=1S/C20H16Cl2N2O2S/c1-2-13-5-9-16(10-6-13)26-19(25)18-17(22)11-23-20(24-18)27-12-14-3-7-15(21)8-4-14/h3-11H,2,12H2,1H3. The molecule has 0 N–H and O–H groups in total. The zero-order chi connectivity index (χ0) is 19.2. The average Bonchev–Trinajstić information content (AvgIpc) is 2.69. The van der Waals surface area contributed by atoms with Crippen LogP contribution in [0.15, 0.2) is 59.9 Å². The molecule has 138 valence electrons. The molecule has 0 aliphatic carbocycles. The summed E-state index contributed by atoms with van der Waals surface area (Å²) in [5.41, 5.74) is 2.28. The second kappa shape index (κ2) is 9.22. The van der Waals surface area contributed by atoms with Gasteiger partial charge in [-0.05, 0) is 41.8 Å². The molecule has 27 heavy (non-hydrogen) atoms. The summed E-state index contributed by atoms with van der Waals surface area (Å²) in [6.07, 6.45) is 2.33. The van der Waals surface area contributed by atoms with Gasteiger partial charge in [0.25, 0.3) is 0 Å². The molecule has 0 radical (unpaired) electrons. The largest absolute Gasteiger partial charge is 0.422 e. The number of esters is 1. The Morgan fingerprint density at radius 2 is 1.70 bits per heavy atom. The van der Waals surface area contributed by atoms with Crippen molar-refractivity contribution in [1.82, 2.24) is 9.97 Å². The summed E-state index contributed by atoms with van der Waals surface area (Å²) >= 11 is 13.4.